The fourth-order valence-corrected chi connectivity index (χ4v) is 6.05. The predicted octanol–water partition coefficient (Wildman–Crippen LogP) is 6.69. The van der Waals surface area contributed by atoms with Gasteiger partial charge in [-0.25, -0.2) is 9.97 Å². The zero-order chi connectivity index (χ0) is 21.7. The van der Waals surface area contributed by atoms with Crippen LogP contribution in [0.1, 0.15) is 34.3 Å². The third-order valence-electron chi connectivity index (χ3n) is 5.47. The Bertz CT molecular complexity index is 1330. The summed E-state index contributed by atoms with van der Waals surface area (Å²) >= 11 is 14.9. The summed E-state index contributed by atoms with van der Waals surface area (Å²) in [5, 5.41) is 7.10. The number of aryl methyl sites for hydroxylation is 1. The molecule has 1 aliphatic carbocycles. The molecule has 3 aromatic heterocycles. The highest BCUT2D eigenvalue weighted by Crippen LogP contribution is 2.37. The lowest BCUT2D eigenvalue weighted by atomic mass is 9.87. The van der Waals surface area contributed by atoms with Crippen LogP contribution in [0.25, 0.3) is 21.5 Å². The van der Waals surface area contributed by atoms with E-state index < -0.39 is 0 Å². The fourth-order valence-electron chi connectivity index (χ4n) is 3.85. The van der Waals surface area contributed by atoms with Crippen LogP contribution in [0.4, 0.5) is 10.8 Å². The Balaban J connectivity index is 1.42. The number of rotatable bonds is 3. The zero-order valence-electron chi connectivity index (χ0n) is 16.5. The molecule has 1 aliphatic rings. The van der Waals surface area contributed by atoms with E-state index in [-0.39, 0.29) is 5.91 Å². The minimum atomic E-state index is -0.282. The second-order valence-electron chi connectivity index (χ2n) is 7.76. The van der Waals surface area contributed by atoms with Gasteiger partial charge in [0.25, 0.3) is 5.91 Å². The maximum Gasteiger partial charge on any atom is 0.269 e. The largest absolute Gasteiger partial charge is 0.397 e. The van der Waals surface area contributed by atoms with Gasteiger partial charge in [0.15, 0.2) is 5.13 Å². The number of fused-ring (bicyclic) bond motifs is 2. The molecule has 0 saturated carbocycles. The van der Waals surface area contributed by atoms with Crippen molar-refractivity contribution in [2.24, 2.45) is 5.92 Å². The first-order valence-corrected chi connectivity index (χ1v) is 12.3. The first-order chi connectivity index (χ1) is 14.9. The Hall–Kier alpha value is -2.19. The Kier molecular flexibility index (Phi) is 5.38. The van der Waals surface area contributed by atoms with Gasteiger partial charge in [0.05, 0.1) is 16.4 Å². The second-order valence-corrected chi connectivity index (χ2v) is 10.5. The Labute approximate surface area is 197 Å². The Morgan fingerprint density at radius 3 is 2.90 bits per heavy atom. The normalized spacial score (nSPS) is 15.8. The second kappa shape index (κ2) is 8.06. The first kappa shape index (κ1) is 20.7. The first-order valence-electron chi connectivity index (χ1n) is 9.82. The number of anilines is 2. The molecule has 3 heterocycles. The van der Waals surface area contributed by atoms with E-state index in [0.29, 0.717) is 37.4 Å². The molecule has 1 amide bonds. The number of hydrogen-bond acceptors (Lipinski definition) is 6. The lowest BCUT2D eigenvalue weighted by Gasteiger charge is -2.20. The van der Waals surface area contributed by atoms with Gasteiger partial charge in [-0.15, -0.1) is 22.7 Å². The SMILES string of the molecule is CC1CCc2nc3sc(C(=O)Nc4nc(-c5ccc(Cl)cc5Cl)cs4)c(N)c3cc2C1. The number of nitrogens with two attached hydrogens (primary N) is 1. The molecule has 31 heavy (non-hydrogen) atoms. The molecule has 1 aromatic carbocycles. The number of amides is 1. The fraction of sp³-hybridized carbons (Fsp3) is 0.227. The maximum absolute atomic E-state index is 12.9. The van der Waals surface area contributed by atoms with Crippen molar-refractivity contribution in [1.82, 2.24) is 9.97 Å². The average molecular weight is 489 g/mol. The van der Waals surface area contributed by atoms with E-state index in [9.17, 15) is 4.79 Å². The van der Waals surface area contributed by atoms with Crippen LogP contribution in [0.2, 0.25) is 10.0 Å². The highest BCUT2D eigenvalue weighted by Gasteiger charge is 2.23. The van der Waals surface area contributed by atoms with Crippen molar-refractivity contribution in [2.75, 3.05) is 11.1 Å². The molecule has 3 N–H and O–H groups in total. The molecular formula is C22H18Cl2N4OS2. The molecule has 9 heteroatoms. The molecule has 1 unspecified atom stereocenters. The molecule has 5 nitrogen and oxygen atoms in total. The van der Waals surface area contributed by atoms with Crippen LogP contribution >= 0.6 is 45.9 Å². The van der Waals surface area contributed by atoms with E-state index in [1.165, 1.54) is 28.2 Å². The molecule has 0 spiro atoms. The molecule has 4 aromatic rings. The van der Waals surface area contributed by atoms with Crippen molar-refractivity contribution in [1.29, 1.82) is 0 Å². The number of aromatic nitrogens is 2. The zero-order valence-corrected chi connectivity index (χ0v) is 19.7. The van der Waals surface area contributed by atoms with Gasteiger partial charge < -0.3 is 5.73 Å². The molecule has 0 fully saturated rings. The van der Waals surface area contributed by atoms with E-state index in [0.717, 1.165) is 40.7 Å². The van der Waals surface area contributed by atoms with Crippen molar-refractivity contribution in [2.45, 2.75) is 26.2 Å². The highest BCUT2D eigenvalue weighted by atomic mass is 35.5. The number of nitrogen functional groups attached to an aromatic ring is 1. The van der Waals surface area contributed by atoms with Gasteiger partial charge in [-0.2, -0.15) is 0 Å². The summed E-state index contributed by atoms with van der Waals surface area (Å²) in [6.07, 6.45) is 3.12. The molecule has 0 bridgehead atoms. The van der Waals surface area contributed by atoms with Gasteiger partial charge in [-0.05, 0) is 55.0 Å². The summed E-state index contributed by atoms with van der Waals surface area (Å²) in [5.74, 6) is 0.359. The number of nitrogens with one attached hydrogen (secondary N) is 1. The summed E-state index contributed by atoms with van der Waals surface area (Å²) in [6.45, 7) is 2.25. The summed E-state index contributed by atoms with van der Waals surface area (Å²) in [6, 6.07) is 7.34. The van der Waals surface area contributed by atoms with Crippen LogP contribution in [0, 0.1) is 5.92 Å². The number of carbonyl (C=O) groups excluding carboxylic acids is 1. The molecular weight excluding hydrogens is 471 g/mol. The molecule has 0 aliphatic heterocycles. The van der Waals surface area contributed by atoms with Crippen LogP contribution < -0.4 is 11.1 Å². The maximum atomic E-state index is 12.9. The van der Waals surface area contributed by atoms with Crippen LogP contribution in [0.3, 0.4) is 0 Å². The standard InChI is InChI=1S/C22H18Cl2N4OS2/c1-10-2-5-16-11(6-10)7-14-18(25)19(31-21(14)26-16)20(29)28-22-27-17(9-30-22)13-4-3-12(23)8-15(13)24/h3-4,7-10H,2,5-6,25H2,1H3,(H,27,28,29). The van der Waals surface area contributed by atoms with Gasteiger partial charge in [-0.1, -0.05) is 30.1 Å². The number of thiophene rings is 1. The smallest absolute Gasteiger partial charge is 0.269 e. The van der Waals surface area contributed by atoms with Crippen molar-refractivity contribution in [3.05, 3.63) is 55.8 Å². The number of halogens is 2. The number of hydrogen-bond donors (Lipinski definition) is 2. The number of nitrogens with zero attached hydrogens (tertiary/aromatic N) is 2. The molecule has 1 atom stereocenters. The van der Waals surface area contributed by atoms with E-state index in [2.05, 4.69) is 23.3 Å². The Morgan fingerprint density at radius 1 is 1.26 bits per heavy atom. The number of carbonyl (C=O) groups is 1. The minimum absolute atomic E-state index is 0.282. The van der Waals surface area contributed by atoms with Crippen LogP contribution in [-0.4, -0.2) is 15.9 Å². The third kappa shape index (κ3) is 3.91. The molecule has 158 valence electrons. The minimum Gasteiger partial charge on any atom is -0.397 e. The monoisotopic (exact) mass is 488 g/mol. The number of pyridine rings is 1. The summed E-state index contributed by atoms with van der Waals surface area (Å²) < 4.78 is 0. The number of benzene rings is 1. The summed E-state index contributed by atoms with van der Waals surface area (Å²) in [7, 11) is 0. The number of thiazole rings is 1. The van der Waals surface area contributed by atoms with E-state index in [4.69, 9.17) is 33.9 Å². The molecule has 0 radical (unpaired) electrons. The van der Waals surface area contributed by atoms with Crippen molar-refractivity contribution >= 4 is 72.8 Å². The summed E-state index contributed by atoms with van der Waals surface area (Å²) in [5.41, 5.74) is 10.6. The molecule has 5 rings (SSSR count). The molecule has 0 saturated heterocycles. The van der Waals surface area contributed by atoms with Gasteiger partial charge in [0.2, 0.25) is 0 Å². The topological polar surface area (TPSA) is 80.9 Å². The quantitative estimate of drug-likeness (QED) is 0.336. The van der Waals surface area contributed by atoms with Crippen LogP contribution in [0.5, 0.6) is 0 Å². The van der Waals surface area contributed by atoms with Crippen molar-refractivity contribution < 1.29 is 4.79 Å². The van der Waals surface area contributed by atoms with E-state index in [1.54, 1.807) is 12.1 Å². The highest BCUT2D eigenvalue weighted by molar-refractivity contribution is 7.21. The van der Waals surface area contributed by atoms with Gasteiger partial charge in [0, 0.05) is 27.0 Å². The lowest BCUT2D eigenvalue weighted by Crippen LogP contribution is -2.12. The van der Waals surface area contributed by atoms with E-state index >= 15 is 0 Å². The van der Waals surface area contributed by atoms with Crippen LogP contribution in [0.15, 0.2) is 29.6 Å². The Morgan fingerprint density at radius 2 is 2.10 bits per heavy atom. The van der Waals surface area contributed by atoms with Crippen molar-refractivity contribution in [3.63, 3.8) is 0 Å². The average Bonchev–Trinajstić information content (AvgIpc) is 3.31. The van der Waals surface area contributed by atoms with Crippen LogP contribution in [-0.2, 0) is 12.8 Å². The lowest BCUT2D eigenvalue weighted by molar-refractivity contribution is 0.103. The third-order valence-corrected chi connectivity index (χ3v) is 7.89. The van der Waals surface area contributed by atoms with Crippen molar-refractivity contribution in [3.8, 4) is 11.3 Å². The van der Waals surface area contributed by atoms with Gasteiger partial charge in [0.1, 0.15) is 9.71 Å². The summed E-state index contributed by atoms with van der Waals surface area (Å²) in [4.78, 5) is 23.5. The van der Waals surface area contributed by atoms with Gasteiger partial charge >= 0.3 is 0 Å². The van der Waals surface area contributed by atoms with Gasteiger partial charge in [-0.3, -0.25) is 10.1 Å². The predicted molar refractivity (Wildman–Crippen MR) is 131 cm³/mol. The van der Waals surface area contributed by atoms with E-state index in [1.807, 2.05) is 11.4 Å².